The van der Waals surface area contributed by atoms with Crippen molar-refractivity contribution in [2.75, 3.05) is 0 Å². The Morgan fingerprint density at radius 1 is 0.652 bits per heavy atom. The molecule has 0 saturated heterocycles. The van der Waals surface area contributed by atoms with Crippen LogP contribution in [0.4, 0.5) is 0 Å². The summed E-state index contributed by atoms with van der Waals surface area (Å²) >= 11 is 0. The second kappa shape index (κ2) is 16.4. The van der Waals surface area contributed by atoms with Crippen LogP contribution in [0.5, 0.6) is 0 Å². The Kier molecular flexibility index (Phi) is 18.4. The van der Waals surface area contributed by atoms with Gasteiger partial charge in [-0.1, -0.05) is 96.6 Å². The first-order valence-corrected chi connectivity index (χ1v) is 7.72. The van der Waals surface area contributed by atoms with E-state index >= 15 is 0 Å². The maximum Gasteiger partial charge on any atom is 0.134 e. The fourth-order valence-electron chi connectivity index (χ4n) is 1.65. The van der Waals surface area contributed by atoms with E-state index in [1.807, 2.05) is 83.1 Å². The summed E-state index contributed by atoms with van der Waals surface area (Å²) in [5.74, 6) is 0.973. The fraction of sp³-hybridized carbons (Fsp3) is 0.364. The molecule has 0 unspecified atom stereocenters. The molecule has 2 aromatic carbocycles. The largest absolute Gasteiger partial charge is 0.461 e. The molecular weight excluding hydrogens is 280 g/mol. The normalized spacial score (nSPS) is 7.74. The van der Waals surface area contributed by atoms with E-state index in [4.69, 9.17) is 4.42 Å². The highest BCUT2D eigenvalue weighted by Gasteiger charge is 1.95. The lowest BCUT2D eigenvalue weighted by Gasteiger charge is -1.82. The number of hydrogen-bond donors (Lipinski definition) is 0. The number of rotatable bonds is 0. The minimum Gasteiger partial charge on any atom is -0.461 e. The first-order chi connectivity index (χ1) is 10.3. The van der Waals surface area contributed by atoms with Crippen molar-refractivity contribution >= 4 is 11.0 Å². The van der Waals surface area contributed by atoms with Crippen LogP contribution in [0.25, 0.3) is 11.0 Å². The second-order valence-corrected chi connectivity index (χ2v) is 4.05. The molecule has 3 aromatic rings. The molecule has 1 heterocycles. The molecule has 0 aliphatic heterocycles. The van der Waals surface area contributed by atoms with Gasteiger partial charge in [-0.3, -0.25) is 0 Å². The molecule has 0 atom stereocenters. The standard InChI is InChI=1S/C9H8O.C7H8.2C2H6.2CH4/c1-7-6-8-4-2-3-5-9(8)10-7;1-7-5-3-2-4-6-7;2*1-2;;/h2-6H,1H3;2-6H,1H3;2*1-2H3;2*1H4. The van der Waals surface area contributed by atoms with Gasteiger partial charge in [-0.15, -0.1) is 0 Å². The molecule has 0 fully saturated rings. The molecule has 0 bridgehead atoms. The molecular formula is C22H36O. The monoisotopic (exact) mass is 316 g/mol. The number of hydrogen-bond acceptors (Lipinski definition) is 1. The van der Waals surface area contributed by atoms with Gasteiger partial charge in [0.2, 0.25) is 0 Å². The first-order valence-electron chi connectivity index (χ1n) is 7.72. The van der Waals surface area contributed by atoms with Crippen molar-refractivity contribution < 1.29 is 4.42 Å². The third kappa shape index (κ3) is 10.4. The van der Waals surface area contributed by atoms with Gasteiger partial charge < -0.3 is 4.42 Å². The van der Waals surface area contributed by atoms with Crippen LogP contribution in [-0.2, 0) is 0 Å². The average molecular weight is 317 g/mol. The van der Waals surface area contributed by atoms with Gasteiger partial charge in [0.15, 0.2) is 0 Å². The molecule has 0 aliphatic rings. The molecule has 23 heavy (non-hydrogen) atoms. The Hall–Kier alpha value is -2.02. The van der Waals surface area contributed by atoms with Crippen LogP contribution in [0.15, 0.2) is 65.1 Å². The summed E-state index contributed by atoms with van der Waals surface area (Å²) in [4.78, 5) is 0. The molecule has 0 saturated carbocycles. The Bertz CT molecular complexity index is 546. The number of aryl methyl sites for hydroxylation is 2. The highest BCUT2D eigenvalue weighted by Crippen LogP contribution is 2.17. The smallest absolute Gasteiger partial charge is 0.134 e. The maximum absolute atomic E-state index is 5.37. The average Bonchev–Trinajstić information content (AvgIpc) is 2.93. The highest BCUT2D eigenvalue weighted by molar-refractivity contribution is 5.77. The van der Waals surface area contributed by atoms with Crippen molar-refractivity contribution in [2.24, 2.45) is 0 Å². The quantitative estimate of drug-likeness (QED) is 0.408. The molecule has 0 amide bonds. The van der Waals surface area contributed by atoms with Crippen LogP contribution in [0.3, 0.4) is 0 Å². The van der Waals surface area contributed by atoms with E-state index < -0.39 is 0 Å². The SMILES string of the molecule is C.C.CC.CC.Cc1cc2ccccc2o1.Cc1ccccc1. The summed E-state index contributed by atoms with van der Waals surface area (Å²) in [6, 6.07) is 20.3. The van der Waals surface area contributed by atoms with Crippen molar-refractivity contribution in [1.82, 2.24) is 0 Å². The van der Waals surface area contributed by atoms with E-state index in [0.717, 1.165) is 11.3 Å². The first kappa shape index (κ1) is 25.9. The molecule has 3 rings (SSSR count). The highest BCUT2D eigenvalue weighted by atomic mass is 16.3. The van der Waals surface area contributed by atoms with Crippen molar-refractivity contribution in [3.05, 3.63) is 72.0 Å². The Morgan fingerprint density at radius 2 is 1.13 bits per heavy atom. The van der Waals surface area contributed by atoms with Crippen LogP contribution in [0.1, 0.15) is 53.9 Å². The van der Waals surface area contributed by atoms with E-state index in [2.05, 4.69) is 19.1 Å². The lowest BCUT2D eigenvalue weighted by Crippen LogP contribution is -1.62. The molecule has 0 radical (unpaired) electrons. The Morgan fingerprint density at radius 3 is 1.57 bits per heavy atom. The maximum atomic E-state index is 5.37. The molecule has 0 N–H and O–H groups in total. The van der Waals surface area contributed by atoms with Crippen LogP contribution in [0, 0.1) is 13.8 Å². The Balaban J connectivity index is -0.000000276. The van der Waals surface area contributed by atoms with Crippen molar-refractivity contribution in [3.8, 4) is 0 Å². The van der Waals surface area contributed by atoms with E-state index in [-0.39, 0.29) is 14.9 Å². The van der Waals surface area contributed by atoms with Gasteiger partial charge >= 0.3 is 0 Å². The van der Waals surface area contributed by atoms with E-state index in [9.17, 15) is 0 Å². The predicted molar refractivity (Wildman–Crippen MR) is 108 cm³/mol. The van der Waals surface area contributed by atoms with E-state index in [1.54, 1.807) is 0 Å². The van der Waals surface area contributed by atoms with Gasteiger partial charge in [-0.05, 0) is 26.0 Å². The fourth-order valence-corrected chi connectivity index (χ4v) is 1.65. The van der Waals surface area contributed by atoms with Gasteiger partial charge in [-0.25, -0.2) is 0 Å². The summed E-state index contributed by atoms with van der Waals surface area (Å²) in [6.45, 7) is 12.0. The predicted octanol–water partition coefficient (Wildman–Crippen LogP) is 8.06. The van der Waals surface area contributed by atoms with E-state index in [1.165, 1.54) is 10.9 Å². The molecule has 1 aromatic heterocycles. The third-order valence-electron chi connectivity index (χ3n) is 2.49. The van der Waals surface area contributed by atoms with Crippen LogP contribution in [0.2, 0.25) is 0 Å². The number of para-hydroxylation sites is 1. The third-order valence-corrected chi connectivity index (χ3v) is 2.49. The van der Waals surface area contributed by atoms with Crippen molar-refractivity contribution in [2.45, 2.75) is 56.4 Å². The second-order valence-electron chi connectivity index (χ2n) is 4.05. The number of benzene rings is 2. The van der Waals surface area contributed by atoms with Crippen LogP contribution < -0.4 is 0 Å². The van der Waals surface area contributed by atoms with Gasteiger partial charge in [-0.2, -0.15) is 0 Å². The zero-order valence-electron chi connectivity index (χ0n) is 14.2. The van der Waals surface area contributed by atoms with Crippen molar-refractivity contribution in [1.29, 1.82) is 0 Å². The topological polar surface area (TPSA) is 13.1 Å². The summed E-state index contributed by atoms with van der Waals surface area (Å²) < 4.78 is 5.37. The summed E-state index contributed by atoms with van der Waals surface area (Å²) in [6.07, 6.45) is 0. The summed E-state index contributed by atoms with van der Waals surface area (Å²) in [7, 11) is 0. The molecule has 0 aliphatic carbocycles. The summed E-state index contributed by atoms with van der Waals surface area (Å²) in [5.41, 5.74) is 2.29. The number of furan rings is 1. The minimum atomic E-state index is 0. The molecule has 130 valence electrons. The minimum absolute atomic E-state index is 0. The summed E-state index contributed by atoms with van der Waals surface area (Å²) in [5, 5.41) is 1.18. The lowest BCUT2D eigenvalue weighted by molar-refractivity contribution is 0.578. The molecule has 1 heteroatoms. The zero-order valence-corrected chi connectivity index (χ0v) is 14.2. The van der Waals surface area contributed by atoms with Gasteiger partial charge in [0.1, 0.15) is 11.3 Å². The number of fused-ring (bicyclic) bond motifs is 1. The van der Waals surface area contributed by atoms with Crippen molar-refractivity contribution in [3.63, 3.8) is 0 Å². The van der Waals surface area contributed by atoms with Crippen LogP contribution in [-0.4, -0.2) is 0 Å². The van der Waals surface area contributed by atoms with Gasteiger partial charge in [0, 0.05) is 5.39 Å². The molecule has 1 nitrogen and oxygen atoms in total. The van der Waals surface area contributed by atoms with Gasteiger partial charge in [0.25, 0.3) is 0 Å². The zero-order chi connectivity index (χ0) is 16.1. The van der Waals surface area contributed by atoms with Crippen LogP contribution >= 0.6 is 0 Å². The lowest BCUT2D eigenvalue weighted by atomic mass is 10.2. The molecule has 0 spiro atoms. The van der Waals surface area contributed by atoms with E-state index in [0.29, 0.717) is 0 Å². The Labute approximate surface area is 144 Å². The van der Waals surface area contributed by atoms with Gasteiger partial charge in [0.05, 0.1) is 0 Å².